The van der Waals surface area contributed by atoms with Gasteiger partial charge in [-0.05, 0) is 53.6 Å². The number of methoxy groups -OCH3 is 1. The molecule has 35 heavy (non-hydrogen) atoms. The Labute approximate surface area is 198 Å². The fraction of sp³-hybridized carbons (Fsp3) is 0.154. The molecule has 0 fully saturated rings. The quantitative estimate of drug-likeness (QED) is 0.357. The van der Waals surface area contributed by atoms with Crippen LogP contribution in [0.2, 0.25) is 0 Å². The van der Waals surface area contributed by atoms with Crippen molar-refractivity contribution in [3.63, 3.8) is 0 Å². The van der Waals surface area contributed by atoms with Gasteiger partial charge in [-0.25, -0.2) is 4.79 Å². The molecule has 0 saturated carbocycles. The SMILES string of the molecule is COc1ccc(C(=O)/C(Cc2cccc(C(F)(F)F)c2)=C(\C(=O)O)c2ccc3c(c2)OCO3)cc1. The molecule has 4 rings (SSSR count). The number of ketones is 1. The molecule has 3 aromatic carbocycles. The number of allylic oxidation sites excluding steroid dienone is 1. The van der Waals surface area contributed by atoms with E-state index in [1.54, 1.807) is 0 Å². The predicted molar refractivity (Wildman–Crippen MR) is 120 cm³/mol. The van der Waals surface area contributed by atoms with Crippen LogP contribution in [-0.2, 0) is 17.4 Å². The lowest BCUT2D eigenvalue weighted by molar-refractivity contribution is -0.137. The number of hydrogen-bond acceptors (Lipinski definition) is 5. The Bertz CT molecular complexity index is 1310. The number of carboxylic acid groups (broad SMARTS) is 1. The molecule has 3 aromatic rings. The van der Waals surface area contributed by atoms with E-state index >= 15 is 0 Å². The average molecular weight is 484 g/mol. The molecule has 0 radical (unpaired) electrons. The van der Waals surface area contributed by atoms with Gasteiger partial charge in [-0.2, -0.15) is 13.2 Å². The van der Waals surface area contributed by atoms with E-state index in [4.69, 9.17) is 14.2 Å². The van der Waals surface area contributed by atoms with Crippen LogP contribution in [0.5, 0.6) is 17.2 Å². The molecule has 9 heteroatoms. The molecule has 1 aliphatic rings. The number of benzene rings is 3. The Morgan fingerprint density at radius 1 is 0.943 bits per heavy atom. The molecular formula is C26H19F3O6. The van der Waals surface area contributed by atoms with E-state index in [2.05, 4.69) is 0 Å². The third-order valence-electron chi connectivity index (χ3n) is 5.44. The van der Waals surface area contributed by atoms with Crippen LogP contribution in [-0.4, -0.2) is 30.8 Å². The van der Waals surface area contributed by atoms with E-state index in [0.29, 0.717) is 17.2 Å². The number of halogens is 3. The minimum Gasteiger partial charge on any atom is -0.497 e. The molecule has 0 unspecified atom stereocenters. The second-order valence-corrected chi connectivity index (χ2v) is 7.66. The third-order valence-corrected chi connectivity index (χ3v) is 5.44. The molecule has 180 valence electrons. The molecule has 0 bridgehead atoms. The smallest absolute Gasteiger partial charge is 0.416 e. The number of carbonyl (C=O) groups is 2. The zero-order chi connectivity index (χ0) is 25.2. The fourth-order valence-electron chi connectivity index (χ4n) is 3.74. The van der Waals surface area contributed by atoms with E-state index in [1.165, 1.54) is 61.7 Å². The van der Waals surface area contributed by atoms with Crippen molar-refractivity contribution >= 4 is 17.3 Å². The monoisotopic (exact) mass is 484 g/mol. The number of fused-ring (bicyclic) bond motifs is 1. The molecule has 0 atom stereocenters. The molecule has 6 nitrogen and oxygen atoms in total. The molecule has 0 saturated heterocycles. The Kier molecular flexibility index (Phi) is 6.50. The van der Waals surface area contributed by atoms with Crippen molar-refractivity contribution in [2.75, 3.05) is 13.9 Å². The first-order chi connectivity index (χ1) is 16.7. The zero-order valence-corrected chi connectivity index (χ0v) is 18.4. The predicted octanol–water partition coefficient (Wildman–Crippen LogP) is 5.41. The molecule has 0 amide bonds. The van der Waals surface area contributed by atoms with Gasteiger partial charge in [-0.1, -0.05) is 24.3 Å². The van der Waals surface area contributed by atoms with Crippen LogP contribution < -0.4 is 14.2 Å². The highest BCUT2D eigenvalue weighted by atomic mass is 19.4. The maximum absolute atomic E-state index is 13.5. The van der Waals surface area contributed by atoms with Gasteiger partial charge in [0.2, 0.25) is 6.79 Å². The van der Waals surface area contributed by atoms with Crippen molar-refractivity contribution in [1.82, 2.24) is 0 Å². The maximum Gasteiger partial charge on any atom is 0.416 e. The number of hydrogen-bond donors (Lipinski definition) is 1. The first-order valence-corrected chi connectivity index (χ1v) is 10.4. The summed E-state index contributed by atoms with van der Waals surface area (Å²) in [6.45, 7) is -0.0349. The average Bonchev–Trinajstić information content (AvgIpc) is 3.31. The standard InChI is InChI=1S/C26H19F3O6/c1-33-19-8-5-16(6-9-19)24(30)20(12-15-3-2-4-18(11-15)26(27,28)29)23(25(31)32)17-7-10-21-22(13-17)35-14-34-21/h2-11,13H,12,14H2,1H3,(H,31,32)/b23-20-. The van der Waals surface area contributed by atoms with Gasteiger partial charge in [0.05, 0.1) is 18.2 Å². The summed E-state index contributed by atoms with van der Waals surface area (Å²) >= 11 is 0. The van der Waals surface area contributed by atoms with Gasteiger partial charge in [-0.15, -0.1) is 0 Å². The number of carbonyl (C=O) groups excluding carboxylic acids is 1. The van der Waals surface area contributed by atoms with Gasteiger partial charge < -0.3 is 19.3 Å². The Hall–Kier alpha value is -4.27. The first-order valence-electron chi connectivity index (χ1n) is 10.4. The van der Waals surface area contributed by atoms with Crippen molar-refractivity contribution in [3.8, 4) is 17.2 Å². The van der Waals surface area contributed by atoms with Gasteiger partial charge in [0, 0.05) is 17.6 Å². The van der Waals surface area contributed by atoms with Crippen molar-refractivity contribution in [2.45, 2.75) is 12.6 Å². The second-order valence-electron chi connectivity index (χ2n) is 7.66. The molecule has 0 aliphatic carbocycles. The lowest BCUT2D eigenvalue weighted by Gasteiger charge is -2.15. The van der Waals surface area contributed by atoms with Crippen molar-refractivity contribution < 1.29 is 42.1 Å². The summed E-state index contributed by atoms with van der Waals surface area (Å²) in [6.07, 6.45) is -4.93. The van der Waals surface area contributed by atoms with Crippen LogP contribution in [0.4, 0.5) is 13.2 Å². The summed E-state index contributed by atoms with van der Waals surface area (Å²) in [7, 11) is 1.46. The number of alkyl halides is 3. The summed E-state index contributed by atoms with van der Waals surface area (Å²) in [4.78, 5) is 26.0. The molecule has 1 N–H and O–H groups in total. The molecule has 0 spiro atoms. The van der Waals surface area contributed by atoms with E-state index in [0.717, 1.165) is 12.1 Å². The van der Waals surface area contributed by atoms with Gasteiger partial charge in [0.15, 0.2) is 17.3 Å². The minimum absolute atomic E-state index is 0.0349. The van der Waals surface area contributed by atoms with Crippen LogP contribution in [0.1, 0.15) is 27.0 Å². The Balaban J connectivity index is 1.87. The second kappa shape index (κ2) is 9.54. The van der Waals surface area contributed by atoms with Gasteiger partial charge in [0.1, 0.15) is 5.75 Å². The lowest BCUT2D eigenvalue weighted by atomic mass is 9.89. The number of ether oxygens (including phenoxy) is 3. The summed E-state index contributed by atoms with van der Waals surface area (Å²) in [6, 6.07) is 14.9. The van der Waals surface area contributed by atoms with E-state index < -0.39 is 23.5 Å². The fourth-order valence-corrected chi connectivity index (χ4v) is 3.74. The first kappa shape index (κ1) is 23.9. The van der Waals surface area contributed by atoms with Crippen molar-refractivity contribution in [2.24, 2.45) is 0 Å². The Morgan fingerprint density at radius 2 is 1.63 bits per heavy atom. The van der Waals surface area contributed by atoms with E-state index in [-0.39, 0.29) is 41.1 Å². The normalized spacial score (nSPS) is 13.3. The highest BCUT2D eigenvalue weighted by Gasteiger charge is 2.31. The molecule has 1 aliphatic heterocycles. The highest BCUT2D eigenvalue weighted by Crippen LogP contribution is 2.37. The van der Waals surface area contributed by atoms with E-state index in [9.17, 15) is 27.9 Å². The molecule has 1 heterocycles. The van der Waals surface area contributed by atoms with Crippen LogP contribution in [0.3, 0.4) is 0 Å². The number of aliphatic carboxylic acids is 1. The summed E-state index contributed by atoms with van der Waals surface area (Å²) in [5.41, 5.74) is -0.970. The summed E-state index contributed by atoms with van der Waals surface area (Å²) in [5.74, 6) is -0.844. The van der Waals surface area contributed by atoms with Crippen molar-refractivity contribution in [3.05, 3.63) is 94.6 Å². The zero-order valence-electron chi connectivity index (χ0n) is 18.4. The number of Topliss-reactive ketones (excluding diaryl/α,β-unsaturated/α-hetero) is 1. The van der Waals surface area contributed by atoms with Crippen LogP contribution in [0, 0.1) is 0 Å². The van der Waals surface area contributed by atoms with Crippen LogP contribution in [0.25, 0.3) is 5.57 Å². The number of carboxylic acids is 1. The maximum atomic E-state index is 13.5. The van der Waals surface area contributed by atoms with Crippen molar-refractivity contribution in [1.29, 1.82) is 0 Å². The Morgan fingerprint density at radius 3 is 2.29 bits per heavy atom. The minimum atomic E-state index is -4.59. The lowest BCUT2D eigenvalue weighted by Crippen LogP contribution is -2.14. The third kappa shape index (κ3) is 5.13. The largest absolute Gasteiger partial charge is 0.497 e. The topological polar surface area (TPSA) is 82.1 Å². The van der Waals surface area contributed by atoms with Gasteiger partial charge in [0.25, 0.3) is 0 Å². The molecule has 0 aromatic heterocycles. The van der Waals surface area contributed by atoms with E-state index in [1.807, 2.05) is 0 Å². The van der Waals surface area contributed by atoms with Crippen LogP contribution >= 0.6 is 0 Å². The summed E-state index contributed by atoms with van der Waals surface area (Å²) < 4.78 is 55.5. The molecular weight excluding hydrogens is 465 g/mol. The highest BCUT2D eigenvalue weighted by molar-refractivity contribution is 6.26. The summed E-state index contributed by atoms with van der Waals surface area (Å²) in [5, 5.41) is 10.1. The van der Waals surface area contributed by atoms with Gasteiger partial charge >= 0.3 is 12.1 Å². The number of rotatable bonds is 7. The van der Waals surface area contributed by atoms with Gasteiger partial charge in [-0.3, -0.25) is 4.79 Å². The van der Waals surface area contributed by atoms with Crippen LogP contribution in [0.15, 0.2) is 72.3 Å².